The molecular formula is C11H10Br2ClN5. The molecule has 2 aromatic rings. The van der Waals surface area contributed by atoms with E-state index in [9.17, 15) is 0 Å². The fourth-order valence-electron chi connectivity index (χ4n) is 1.32. The van der Waals surface area contributed by atoms with Gasteiger partial charge in [0.1, 0.15) is 0 Å². The van der Waals surface area contributed by atoms with E-state index >= 15 is 0 Å². The first-order chi connectivity index (χ1) is 8.97. The maximum atomic E-state index is 5.89. The van der Waals surface area contributed by atoms with Gasteiger partial charge in [0.15, 0.2) is 0 Å². The number of hydrogen-bond acceptors (Lipinski definition) is 5. The van der Waals surface area contributed by atoms with Crippen molar-refractivity contribution < 1.29 is 0 Å². The molecule has 8 heteroatoms. The lowest BCUT2D eigenvalue weighted by molar-refractivity contribution is 0.961. The number of hydrogen-bond donors (Lipinski definition) is 1. The summed E-state index contributed by atoms with van der Waals surface area (Å²) in [6, 6.07) is 5.76. The molecule has 0 spiro atoms. The highest BCUT2D eigenvalue weighted by molar-refractivity contribution is 9.11. The Hall–Kier alpha value is -0.920. The minimum Gasteiger partial charge on any atom is -0.347 e. The lowest BCUT2D eigenvalue weighted by atomic mass is 10.3. The van der Waals surface area contributed by atoms with E-state index in [0.717, 1.165) is 14.6 Å². The van der Waals surface area contributed by atoms with Gasteiger partial charge in [0, 0.05) is 23.0 Å². The van der Waals surface area contributed by atoms with Crippen LogP contribution in [0.5, 0.6) is 0 Å². The fourth-order valence-corrected chi connectivity index (χ4v) is 2.68. The summed E-state index contributed by atoms with van der Waals surface area (Å²) in [5.74, 6) is 0.877. The third kappa shape index (κ3) is 3.55. The summed E-state index contributed by atoms with van der Waals surface area (Å²) in [6.45, 7) is 0. The number of nitrogens with one attached hydrogen (secondary N) is 1. The summed E-state index contributed by atoms with van der Waals surface area (Å²) in [4.78, 5) is 14.1. The zero-order chi connectivity index (χ0) is 14.0. The molecule has 0 saturated heterocycles. The monoisotopic (exact) mass is 405 g/mol. The number of aromatic nitrogens is 3. The summed E-state index contributed by atoms with van der Waals surface area (Å²) < 4.78 is 1.79. The summed E-state index contributed by atoms with van der Waals surface area (Å²) in [5.41, 5.74) is 0.828. The predicted molar refractivity (Wildman–Crippen MR) is 84.3 cm³/mol. The van der Waals surface area contributed by atoms with Gasteiger partial charge < -0.3 is 10.2 Å². The van der Waals surface area contributed by atoms with Crippen molar-refractivity contribution in [3.8, 4) is 0 Å². The normalized spacial score (nSPS) is 10.4. The molecule has 0 unspecified atom stereocenters. The topological polar surface area (TPSA) is 53.9 Å². The van der Waals surface area contributed by atoms with Crippen LogP contribution in [-0.4, -0.2) is 29.0 Å². The van der Waals surface area contributed by atoms with Gasteiger partial charge in [0.2, 0.25) is 17.2 Å². The van der Waals surface area contributed by atoms with Crippen LogP contribution in [0.4, 0.5) is 17.6 Å². The van der Waals surface area contributed by atoms with E-state index in [1.165, 1.54) is 0 Å². The van der Waals surface area contributed by atoms with Gasteiger partial charge in [-0.1, -0.05) is 6.07 Å². The van der Waals surface area contributed by atoms with E-state index in [4.69, 9.17) is 11.6 Å². The molecule has 0 amide bonds. The lowest BCUT2D eigenvalue weighted by Gasteiger charge is -2.13. The highest BCUT2D eigenvalue weighted by Crippen LogP contribution is 2.32. The quantitative estimate of drug-likeness (QED) is 0.837. The Bertz CT molecular complexity index is 585. The lowest BCUT2D eigenvalue weighted by Crippen LogP contribution is -2.14. The Kier molecular flexibility index (Phi) is 4.59. The van der Waals surface area contributed by atoms with Gasteiger partial charge in [0.05, 0.1) is 5.69 Å². The summed E-state index contributed by atoms with van der Waals surface area (Å²) in [7, 11) is 3.67. The van der Waals surface area contributed by atoms with E-state index in [-0.39, 0.29) is 5.28 Å². The molecule has 0 aliphatic carbocycles. The van der Waals surface area contributed by atoms with Crippen LogP contribution in [0.3, 0.4) is 0 Å². The summed E-state index contributed by atoms with van der Waals surface area (Å²) in [6.07, 6.45) is 0. The van der Waals surface area contributed by atoms with Crippen molar-refractivity contribution in [2.24, 2.45) is 0 Å². The van der Waals surface area contributed by atoms with E-state index in [2.05, 4.69) is 52.1 Å². The number of halogens is 3. The molecule has 1 aromatic carbocycles. The molecule has 0 radical (unpaired) electrons. The Morgan fingerprint density at radius 3 is 2.32 bits per heavy atom. The van der Waals surface area contributed by atoms with Crippen molar-refractivity contribution >= 4 is 61.0 Å². The van der Waals surface area contributed by atoms with Crippen molar-refractivity contribution in [3.63, 3.8) is 0 Å². The molecule has 100 valence electrons. The minimum atomic E-state index is 0.143. The molecule has 1 N–H and O–H groups in total. The molecule has 0 bridgehead atoms. The summed E-state index contributed by atoms with van der Waals surface area (Å²) in [5, 5.41) is 3.25. The highest BCUT2D eigenvalue weighted by atomic mass is 79.9. The molecular weight excluding hydrogens is 397 g/mol. The molecule has 0 aliphatic rings. The van der Waals surface area contributed by atoms with Gasteiger partial charge in [-0.05, 0) is 55.6 Å². The molecule has 0 fully saturated rings. The molecule has 1 aromatic heterocycles. The number of benzene rings is 1. The number of para-hydroxylation sites is 1. The van der Waals surface area contributed by atoms with Crippen LogP contribution in [0.25, 0.3) is 0 Å². The SMILES string of the molecule is CN(C)c1nc(Cl)nc(Nc2c(Br)cccc2Br)n1. The van der Waals surface area contributed by atoms with E-state index < -0.39 is 0 Å². The standard InChI is InChI=1S/C11H10Br2ClN5/c1-19(2)11-17-9(14)16-10(18-11)15-8-6(12)4-3-5-7(8)13/h3-5H,1-2H3,(H,15,16,17,18). The largest absolute Gasteiger partial charge is 0.347 e. The van der Waals surface area contributed by atoms with Crippen LogP contribution in [0.1, 0.15) is 0 Å². The molecule has 0 saturated carbocycles. The van der Waals surface area contributed by atoms with Gasteiger partial charge in [0.25, 0.3) is 0 Å². The Balaban J connectivity index is 2.38. The van der Waals surface area contributed by atoms with Gasteiger partial charge in [-0.25, -0.2) is 0 Å². The van der Waals surface area contributed by atoms with Gasteiger partial charge in [-0.3, -0.25) is 0 Å². The van der Waals surface area contributed by atoms with E-state index in [0.29, 0.717) is 11.9 Å². The van der Waals surface area contributed by atoms with Crippen LogP contribution >= 0.6 is 43.5 Å². The Labute approximate surface area is 132 Å². The average molecular weight is 407 g/mol. The number of rotatable bonds is 3. The zero-order valence-electron chi connectivity index (χ0n) is 10.2. The maximum absolute atomic E-state index is 5.89. The van der Waals surface area contributed by atoms with Crippen LogP contribution in [0.2, 0.25) is 5.28 Å². The second-order valence-corrected chi connectivity index (χ2v) is 5.89. The van der Waals surface area contributed by atoms with Crippen molar-refractivity contribution in [2.45, 2.75) is 0 Å². The van der Waals surface area contributed by atoms with Crippen molar-refractivity contribution in [1.29, 1.82) is 0 Å². The molecule has 19 heavy (non-hydrogen) atoms. The van der Waals surface area contributed by atoms with E-state index in [1.807, 2.05) is 32.3 Å². The van der Waals surface area contributed by atoms with Crippen LogP contribution in [0, 0.1) is 0 Å². The Morgan fingerprint density at radius 2 is 1.74 bits per heavy atom. The van der Waals surface area contributed by atoms with E-state index in [1.54, 1.807) is 4.90 Å². The molecule has 2 rings (SSSR count). The second kappa shape index (κ2) is 6.02. The highest BCUT2D eigenvalue weighted by Gasteiger charge is 2.10. The first-order valence-electron chi connectivity index (χ1n) is 5.27. The minimum absolute atomic E-state index is 0.143. The zero-order valence-corrected chi connectivity index (χ0v) is 14.1. The predicted octanol–water partition coefficient (Wildman–Crippen LogP) is 3.86. The third-order valence-electron chi connectivity index (χ3n) is 2.20. The number of anilines is 3. The Morgan fingerprint density at radius 1 is 1.11 bits per heavy atom. The molecule has 5 nitrogen and oxygen atoms in total. The first kappa shape index (κ1) is 14.5. The third-order valence-corrected chi connectivity index (χ3v) is 3.69. The second-order valence-electron chi connectivity index (χ2n) is 3.84. The van der Waals surface area contributed by atoms with Crippen LogP contribution in [0.15, 0.2) is 27.1 Å². The molecule has 0 aliphatic heterocycles. The average Bonchev–Trinajstić information content (AvgIpc) is 2.33. The smallest absolute Gasteiger partial charge is 0.233 e. The van der Waals surface area contributed by atoms with Crippen molar-refractivity contribution in [3.05, 3.63) is 32.4 Å². The van der Waals surface area contributed by atoms with Gasteiger partial charge >= 0.3 is 0 Å². The molecule has 1 heterocycles. The molecule has 0 atom stereocenters. The first-order valence-corrected chi connectivity index (χ1v) is 7.23. The maximum Gasteiger partial charge on any atom is 0.233 e. The fraction of sp³-hybridized carbons (Fsp3) is 0.182. The van der Waals surface area contributed by atoms with Gasteiger partial charge in [-0.15, -0.1) is 0 Å². The number of nitrogens with zero attached hydrogens (tertiary/aromatic N) is 4. The van der Waals surface area contributed by atoms with Crippen molar-refractivity contribution in [1.82, 2.24) is 15.0 Å². The van der Waals surface area contributed by atoms with Crippen LogP contribution < -0.4 is 10.2 Å². The summed E-state index contributed by atoms with van der Waals surface area (Å²) >= 11 is 12.8. The van der Waals surface area contributed by atoms with Crippen LogP contribution in [-0.2, 0) is 0 Å². The van der Waals surface area contributed by atoms with Gasteiger partial charge in [-0.2, -0.15) is 15.0 Å². The van der Waals surface area contributed by atoms with Crippen molar-refractivity contribution in [2.75, 3.05) is 24.3 Å².